The van der Waals surface area contributed by atoms with Crippen LogP contribution in [0, 0.1) is 11.3 Å². The summed E-state index contributed by atoms with van der Waals surface area (Å²) in [5.74, 6) is 0.388. The van der Waals surface area contributed by atoms with E-state index in [1.54, 1.807) is 0 Å². The first-order chi connectivity index (χ1) is 7.36. The summed E-state index contributed by atoms with van der Waals surface area (Å²) in [4.78, 5) is 11.9. The molecule has 0 aromatic rings. The molecule has 0 aromatic carbocycles. The fourth-order valence-corrected chi connectivity index (χ4v) is 3.39. The molecular weight excluding hydrogens is 220 g/mol. The van der Waals surface area contributed by atoms with Gasteiger partial charge in [-0.05, 0) is 18.8 Å². The van der Waals surface area contributed by atoms with Crippen LogP contribution in [0.5, 0.6) is 0 Å². The molecule has 0 unspecified atom stereocenters. The number of rotatable bonds is 2. The van der Waals surface area contributed by atoms with Gasteiger partial charge >= 0.3 is 0 Å². The Balaban J connectivity index is 2.57. The van der Waals surface area contributed by atoms with E-state index in [1.807, 2.05) is 20.8 Å². The van der Waals surface area contributed by atoms with Crippen LogP contribution < -0.4 is 0 Å². The van der Waals surface area contributed by atoms with Crippen molar-refractivity contribution in [2.45, 2.75) is 64.7 Å². The predicted octanol–water partition coefficient (Wildman–Crippen LogP) is 3.23. The quantitative estimate of drug-likeness (QED) is 0.810. The molecule has 2 nitrogen and oxygen atoms in total. The maximum atomic E-state index is 11.9. The highest BCUT2D eigenvalue weighted by Gasteiger charge is 2.34. The lowest BCUT2D eigenvalue weighted by atomic mass is 9.84. The molecule has 1 aliphatic carbocycles. The van der Waals surface area contributed by atoms with Gasteiger partial charge in [0.2, 0.25) is 0 Å². The fourth-order valence-electron chi connectivity index (χ4n) is 2.11. The fraction of sp³-hybridized carbons (Fsp3) is 0.923. The van der Waals surface area contributed by atoms with Crippen molar-refractivity contribution < 1.29 is 9.90 Å². The summed E-state index contributed by atoms with van der Waals surface area (Å²) >= 11 is 1.37. The van der Waals surface area contributed by atoms with Crippen LogP contribution in [0.25, 0.3) is 0 Å². The van der Waals surface area contributed by atoms with E-state index < -0.39 is 0 Å². The van der Waals surface area contributed by atoms with Gasteiger partial charge in [0, 0.05) is 10.7 Å². The Morgan fingerprint density at radius 3 is 2.50 bits per heavy atom. The predicted molar refractivity (Wildman–Crippen MR) is 69.5 cm³/mol. The van der Waals surface area contributed by atoms with Crippen LogP contribution in [0.1, 0.15) is 53.4 Å². The highest BCUT2D eigenvalue weighted by molar-refractivity contribution is 8.14. The Morgan fingerprint density at radius 1 is 1.38 bits per heavy atom. The monoisotopic (exact) mass is 244 g/mol. The van der Waals surface area contributed by atoms with Gasteiger partial charge in [-0.1, -0.05) is 52.3 Å². The lowest BCUT2D eigenvalue weighted by Gasteiger charge is -2.34. The van der Waals surface area contributed by atoms with E-state index in [4.69, 9.17) is 0 Å². The molecule has 1 saturated carbocycles. The van der Waals surface area contributed by atoms with Gasteiger partial charge < -0.3 is 5.11 Å². The second kappa shape index (κ2) is 5.54. The maximum absolute atomic E-state index is 11.9. The number of carbonyl (C=O) groups excluding carboxylic acids is 1. The molecule has 16 heavy (non-hydrogen) atoms. The molecule has 0 saturated heterocycles. The first-order valence-electron chi connectivity index (χ1n) is 6.25. The minimum atomic E-state index is -0.302. The Hall–Kier alpha value is -0.0200. The molecule has 1 aliphatic rings. The average molecular weight is 244 g/mol. The largest absolute Gasteiger partial charge is 0.392 e. The Bertz CT molecular complexity index is 245. The third kappa shape index (κ3) is 3.49. The SMILES string of the molecule is CC[C@H]1CCC[C@H](SC(=O)C(C)(C)C)[C@@H]1O. The summed E-state index contributed by atoms with van der Waals surface area (Å²) in [5.41, 5.74) is -0.302. The Labute approximate surface area is 103 Å². The maximum Gasteiger partial charge on any atom is 0.194 e. The third-order valence-electron chi connectivity index (χ3n) is 3.32. The van der Waals surface area contributed by atoms with E-state index in [1.165, 1.54) is 11.8 Å². The van der Waals surface area contributed by atoms with Gasteiger partial charge in [0.05, 0.1) is 6.10 Å². The van der Waals surface area contributed by atoms with Crippen molar-refractivity contribution in [1.29, 1.82) is 0 Å². The lowest BCUT2D eigenvalue weighted by Crippen LogP contribution is -2.37. The molecule has 0 bridgehead atoms. The smallest absolute Gasteiger partial charge is 0.194 e. The normalized spacial score (nSPS) is 31.4. The van der Waals surface area contributed by atoms with Crippen molar-refractivity contribution in [3.05, 3.63) is 0 Å². The van der Waals surface area contributed by atoms with Crippen molar-refractivity contribution in [1.82, 2.24) is 0 Å². The van der Waals surface area contributed by atoms with Gasteiger partial charge in [-0.15, -0.1) is 0 Å². The molecule has 3 atom stereocenters. The highest BCUT2D eigenvalue weighted by Crippen LogP contribution is 2.37. The van der Waals surface area contributed by atoms with Crippen LogP contribution in [0.2, 0.25) is 0 Å². The zero-order chi connectivity index (χ0) is 12.3. The van der Waals surface area contributed by atoms with Gasteiger partial charge in [0.1, 0.15) is 0 Å². The van der Waals surface area contributed by atoms with E-state index in [2.05, 4.69) is 6.92 Å². The molecule has 0 radical (unpaired) electrons. The van der Waals surface area contributed by atoms with Crippen molar-refractivity contribution in [2.24, 2.45) is 11.3 Å². The minimum Gasteiger partial charge on any atom is -0.392 e. The van der Waals surface area contributed by atoms with E-state index >= 15 is 0 Å². The molecule has 1 N–H and O–H groups in total. The van der Waals surface area contributed by atoms with Gasteiger partial charge in [-0.3, -0.25) is 4.79 Å². The second-order valence-corrected chi connectivity index (χ2v) is 7.00. The molecule has 94 valence electrons. The number of aliphatic hydroxyl groups is 1. The first-order valence-corrected chi connectivity index (χ1v) is 7.13. The molecule has 0 amide bonds. The number of aliphatic hydroxyl groups excluding tert-OH is 1. The van der Waals surface area contributed by atoms with E-state index in [9.17, 15) is 9.90 Å². The van der Waals surface area contributed by atoms with Crippen LogP contribution in [0.4, 0.5) is 0 Å². The summed E-state index contributed by atoms with van der Waals surface area (Å²) < 4.78 is 0. The zero-order valence-corrected chi connectivity index (χ0v) is 11.6. The van der Waals surface area contributed by atoms with Gasteiger partial charge in [0.15, 0.2) is 5.12 Å². The summed E-state index contributed by atoms with van der Waals surface area (Å²) in [6.07, 6.45) is 3.95. The summed E-state index contributed by atoms with van der Waals surface area (Å²) in [6, 6.07) is 0. The van der Waals surface area contributed by atoms with Gasteiger partial charge in [-0.25, -0.2) is 0 Å². The molecule has 0 heterocycles. The van der Waals surface area contributed by atoms with Gasteiger partial charge in [0.25, 0.3) is 0 Å². The molecular formula is C13H24O2S. The Kier molecular flexibility index (Phi) is 4.87. The number of hydrogen-bond donors (Lipinski definition) is 1. The first kappa shape index (κ1) is 14.0. The summed E-state index contributed by atoms with van der Waals surface area (Å²) in [6.45, 7) is 7.94. The molecule has 0 aliphatic heterocycles. The van der Waals surface area contributed by atoms with Crippen LogP contribution in [-0.2, 0) is 4.79 Å². The van der Waals surface area contributed by atoms with Crippen molar-refractivity contribution in [3.8, 4) is 0 Å². The number of thioether (sulfide) groups is 1. The number of carbonyl (C=O) groups is 1. The molecule has 3 heteroatoms. The zero-order valence-electron chi connectivity index (χ0n) is 10.8. The molecule has 1 fully saturated rings. The Morgan fingerprint density at radius 2 is 2.00 bits per heavy atom. The van der Waals surface area contributed by atoms with Crippen LogP contribution in [-0.4, -0.2) is 21.6 Å². The van der Waals surface area contributed by atoms with E-state index in [-0.39, 0.29) is 21.9 Å². The molecule has 0 spiro atoms. The van der Waals surface area contributed by atoms with Crippen LogP contribution in [0.15, 0.2) is 0 Å². The summed E-state index contributed by atoms with van der Waals surface area (Å²) in [5, 5.41) is 10.5. The highest BCUT2D eigenvalue weighted by atomic mass is 32.2. The number of hydrogen-bond acceptors (Lipinski definition) is 3. The average Bonchev–Trinajstić information content (AvgIpc) is 2.19. The van der Waals surface area contributed by atoms with Crippen LogP contribution in [0.3, 0.4) is 0 Å². The van der Waals surface area contributed by atoms with Crippen molar-refractivity contribution in [3.63, 3.8) is 0 Å². The van der Waals surface area contributed by atoms with E-state index in [0.29, 0.717) is 5.92 Å². The molecule has 0 aromatic heterocycles. The van der Waals surface area contributed by atoms with Crippen molar-refractivity contribution in [2.75, 3.05) is 0 Å². The van der Waals surface area contributed by atoms with Crippen molar-refractivity contribution >= 4 is 16.9 Å². The standard InChI is InChI=1S/C13H24O2S/c1-5-9-7-6-8-10(11(9)14)16-12(15)13(2,3)4/h9-11,14H,5-8H2,1-4H3/t9-,10-,11+/m0/s1. The van der Waals surface area contributed by atoms with E-state index in [0.717, 1.165) is 25.7 Å². The van der Waals surface area contributed by atoms with Crippen LogP contribution >= 0.6 is 11.8 Å². The summed E-state index contributed by atoms with van der Waals surface area (Å²) in [7, 11) is 0. The minimum absolute atomic E-state index is 0.116. The lowest BCUT2D eigenvalue weighted by molar-refractivity contribution is -0.117. The third-order valence-corrected chi connectivity index (χ3v) is 4.97. The topological polar surface area (TPSA) is 37.3 Å². The second-order valence-electron chi connectivity index (χ2n) is 5.78. The molecule has 1 rings (SSSR count). The van der Waals surface area contributed by atoms with Gasteiger partial charge in [-0.2, -0.15) is 0 Å².